The van der Waals surface area contributed by atoms with Crippen LogP contribution in [0.15, 0.2) is 0 Å². The van der Waals surface area contributed by atoms with Crippen LogP contribution in [0.25, 0.3) is 0 Å². The van der Waals surface area contributed by atoms with Crippen LogP contribution < -0.4 is 0 Å². The second kappa shape index (κ2) is 4.15. The number of hydrogen-bond acceptors (Lipinski definition) is 4. The molecule has 2 radical (unpaired) electrons. The molecule has 1 aliphatic heterocycles. The molecule has 0 aromatic carbocycles. The van der Waals surface area contributed by atoms with E-state index in [1.165, 1.54) is 0 Å². The van der Waals surface area contributed by atoms with E-state index in [1.54, 1.807) is 0 Å². The van der Waals surface area contributed by atoms with E-state index in [4.69, 9.17) is 14.2 Å². The van der Waals surface area contributed by atoms with Crippen LogP contribution in [0.4, 0.5) is 4.79 Å². The maximum absolute atomic E-state index is 10.4. The molecule has 0 aromatic heterocycles. The number of hydrogen-bond donors (Lipinski definition) is 0. The average Bonchev–Trinajstić information content (AvgIpc) is 1.88. The molecule has 0 aromatic rings. The Labute approximate surface area is 71.9 Å². The van der Waals surface area contributed by atoms with Gasteiger partial charge in [-0.05, 0) is 0 Å². The summed E-state index contributed by atoms with van der Waals surface area (Å²) in [6.45, 7) is 1.47. The van der Waals surface area contributed by atoms with Crippen molar-refractivity contribution in [2.45, 2.75) is 6.29 Å². The van der Waals surface area contributed by atoms with Gasteiger partial charge in [0, 0.05) is 0 Å². The second-order valence-electron chi connectivity index (χ2n) is 1.81. The van der Waals surface area contributed by atoms with Gasteiger partial charge in [0.1, 0.15) is 0 Å². The summed E-state index contributed by atoms with van der Waals surface area (Å²) < 4.78 is 14.6. The number of carbonyl (C=O) groups is 1. The Balaban J connectivity index is 2.19. The summed E-state index contributed by atoms with van der Waals surface area (Å²) in [6, 6.07) is 0. The molecule has 56 valence electrons. The third-order valence-corrected chi connectivity index (χ3v) is 1.42. The van der Waals surface area contributed by atoms with Crippen molar-refractivity contribution in [2.24, 2.45) is 0 Å². The standard InChI is InChI=1S/C5H7O4.Sn.H/c6-4-9-5-3-7-1-2-8-5;;/h5H,1-3H2;;. The number of rotatable bonds is 1. The van der Waals surface area contributed by atoms with Gasteiger partial charge in [-0.15, -0.1) is 0 Å². The van der Waals surface area contributed by atoms with Crippen molar-refractivity contribution in [1.29, 1.82) is 0 Å². The molecule has 1 unspecified atom stereocenters. The number of carbonyl (C=O) groups excluding carboxylic acids is 1. The minimum atomic E-state index is -0.462. The Morgan fingerprint density at radius 1 is 1.60 bits per heavy atom. The third kappa shape index (κ3) is 2.85. The van der Waals surface area contributed by atoms with Gasteiger partial charge in [0.25, 0.3) is 0 Å². The predicted molar refractivity (Wildman–Crippen MR) is 34.2 cm³/mol. The predicted octanol–water partition coefficient (Wildman–Crippen LogP) is -0.603. The fourth-order valence-electron chi connectivity index (χ4n) is 0.664. The van der Waals surface area contributed by atoms with Gasteiger partial charge in [0.2, 0.25) is 0 Å². The van der Waals surface area contributed by atoms with Gasteiger partial charge in [-0.3, -0.25) is 0 Å². The molecule has 1 rings (SSSR count). The average molecular weight is 251 g/mol. The number of ether oxygens (including phenoxy) is 3. The summed E-state index contributed by atoms with van der Waals surface area (Å²) in [4.78, 5) is 10.4. The van der Waals surface area contributed by atoms with E-state index in [0.717, 1.165) is 0 Å². The summed E-state index contributed by atoms with van der Waals surface area (Å²) in [5.74, 6) is 0. The van der Waals surface area contributed by atoms with Crippen LogP contribution in [0.2, 0.25) is 0 Å². The van der Waals surface area contributed by atoms with Crippen LogP contribution in [0.1, 0.15) is 0 Å². The van der Waals surface area contributed by atoms with Crippen LogP contribution >= 0.6 is 0 Å². The molecule has 1 saturated heterocycles. The minimum absolute atomic E-state index is 0.207. The van der Waals surface area contributed by atoms with Crippen molar-refractivity contribution in [2.75, 3.05) is 19.8 Å². The Morgan fingerprint density at radius 2 is 2.40 bits per heavy atom. The van der Waals surface area contributed by atoms with Gasteiger partial charge in [-0.25, -0.2) is 0 Å². The van der Waals surface area contributed by atoms with Crippen molar-refractivity contribution < 1.29 is 19.0 Å². The molecule has 1 atom stereocenters. The molecule has 1 aliphatic rings. The molecule has 0 N–H and O–H groups in total. The van der Waals surface area contributed by atoms with Crippen molar-refractivity contribution in [1.82, 2.24) is 0 Å². The first-order chi connectivity index (χ1) is 4.79. The molecule has 0 aliphatic carbocycles. The van der Waals surface area contributed by atoms with Gasteiger partial charge in [-0.2, -0.15) is 0 Å². The topological polar surface area (TPSA) is 44.8 Å². The molecule has 0 spiro atoms. The monoisotopic (exact) mass is 252 g/mol. The summed E-state index contributed by atoms with van der Waals surface area (Å²) >= 11 is 0.466. The fourth-order valence-corrected chi connectivity index (χ4v) is 1.10. The third-order valence-electron chi connectivity index (χ3n) is 1.03. The van der Waals surface area contributed by atoms with Gasteiger partial charge in [-0.1, -0.05) is 0 Å². The molecule has 0 bridgehead atoms. The fraction of sp³-hybridized carbons (Fsp3) is 0.800. The molecule has 0 saturated carbocycles. The molecule has 0 amide bonds. The van der Waals surface area contributed by atoms with E-state index in [9.17, 15) is 4.79 Å². The van der Waals surface area contributed by atoms with Gasteiger partial charge < -0.3 is 0 Å². The Morgan fingerprint density at radius 3 is 2.90 bits per heavy atom. The Kier molecular flexibility index (Phi) is 3.44. The van der Waals surface area contributed by atoms with Gasteiger partial charge in [0.15, 0.2) is 0 Å². The van der Waals surface area contributed by atoms with E-state index in [-0.39, 0.29) is 3.99 Å². The maximum atomic E-state index is 10.4. The first kappa shape index (κ1) is 8.29. The SMILES string of the molecule is O=[C]([SnH])OC1COCCO1. The van der Waals surface area contributed by atoms with Crippen molar-refractivity contribution in [3.05, 3.63) is 0 Å². The van der Waals surface area contributed by atoms with E-state index >= 15 is 0 Å². The van der Waals surface area contributed by atoms with Crippen molar-refractivity contribution in [3.63, 3.8) is 0 Å². The van der Waals surface area contributed by atoms with E-state index < -0.39 is 6.29 Å². The molecule has 4 nitrogen and oxygen atoms in total. The van der Waals surface area contributed by atoms with E-state index in [0.29, 0.717) is 42.3 Å². The Hall–Kier alpha value is 0.189. The molecular formula is C5H8O4Sn. The zero-order chi connectivity index (χ0) is 7.40. The van der Waals surface area contributed by atoms with Crippen LogP contribution in [0.5, 0.6) is 0 Å². The molecule has 10 heavy (non-hydrogen) atoms. The van der Waals surface area contributed by atoms with Crippen LogP contribution in [0, 0.1) is 0 Å². The van der Waals surface area contributed by atoms with Crippen molar-refractivity contribution >= 4 is 26.5 Å². The quantitative estimate of drug-likeness (QED) is 0.583. The summed E-state index contributed by atoms with van der Waals surface area (Å²) in [5.41, 5.74) is 0. The van der Waals surface area contributed by atoms with Crippen LogP contribution in [-0.4, -0.2) is 52.6 Å². The van der Waals surface area contributed by atoms with Crippen LogP contribution in [0.3, 0.4) is 0 Å². The second-order valence-corrected chi connectivity index (χ2v) is 3.16. The van der Waals surface area contributed by atoms with E-state index in [1.807, 2.05) is 0 Å². The van der Waals surface area contributed by atoms with Gasteiger partial charge in [0.05, 0.1) is 0 Å². The molecule has 5 heteroatoms. The Bertz CT molecular complexity index is 121. The zero-order valence-electron chi connectivity index (χ0n) is 5.41. The summed E-state index contributed by atoms with van der Waals surface area (Å²) in [5, 5.41) is 0. The first-order valence-corrected chi connectivity index (χ1v) is 4.59. The molecule has 1 heterocycles. The summed E-state index contributed by atoms with van der Waals surface area (Å²) in [7, 11) is 0. The van der Waals surface area contributed by atoms with Gasteiger partial charge >= 0.3 is 71.6 Å². The molecular weight excluding hydrogens is 243 g/mol. The normalized spacial score (nSPS) is 25.9. The zero-order valence-corrected chi connectivity index (χ0v) is 8.70. The molecule has 1 fully saturated rings. The van der Waals surface area contributed by atoms with Crippen molar-refractivity contribution in [3.8, 4) is 0 Å². The summed E-state index contributed by atoms with van der Waals surface area (Å²) in [6.07, 6.45) is -0.462. The van der Waals surface area contributed by atoms with Crippen LogP contribution in [-0.2, 0) is 14.2 Å². The van der Waals surface area contributed by atoms with E-state index in [2.05, 4.69) is 0 Å². The first-order valence-electron chi connectivity index (χ1n) is 2.94.